The van der Waals surface area contributed by atoms with E-state index in [0.29, 0.717) is 0 Å². The molecule has 1 aliphatic rings. The fraction of sp³-hybridized carbons (Fsp3) is 0.562. The number of halogens is 1. The molecule has 1 aromatic rings. The van der Waals surface area contributed by atoms with E-state index in [4.69, 9.17) is 10.5 Å². The van der Waals surface area contributed by atoms with E-state index >= 15 is 0 Å². The predicted octanol–water partition coefficient (Wildman–Crippen LogP) is 3.35. The van der Waals surface area contributed by atoms with Crippen LogP contribution in [0, 0.1) is 5.92 Å². The summed E-state index contributed by atoms with van der Waals surface area (Å²) in [6, 6.07) is 7.67. The van der Waals surface area contributed by atoms with Gasteiger partial charge in [0.25, 0.3) is 0 Å². The highest BCUT2D eigenvalue weighted by atomic mass is 35.5. The van der Waals surface area contributed by atoms with Crippen LogP contribution in [0.25, 0.3) is 0 Å². The highest BCUT2D eigenvalue weighted by Gasteiger charge is 2.25. The van der Waals surface area contributed by atoms with E-state index in [1.54, 1.807) is 0 Å². The molecule has 1 aliphatic carbocycles. The lowest BCUT2D eigenvalue weighted by molar-refractivity contribution is -0.120. The molecule has 0 aromatic heterocycles. The van der Waals surface area contributed by atoms with Gasteiger partial charge in [0.2, 0.25) is 5.91 Å². The van der Waals surface area contributed by atoms with Crippen molar-refractivity contribution in [1.82, 2.24) is 0 Å². The van der Waals surface area contributed by atoms with Gasteiger partial charge in [0.15, 0.2) is 0 Å². The van der Waals surface area contributed by atoms with Crippen molar-refractivity contribution < 1.29 is 9.53 Å². The summed E-state index contributed by atoms with van der Waals surface area (Å²) in [4.78, 5) is 12.2. The monoisotopic (exact) mass is 312 g/mol. The van der Waals surface area contributed by atoms with Crippen LogP contribution in [-0.4, -0.2) is 18.1 Å². The molecule has 5 heteroatoms. The molecule has 1 saturated carbocycles. The first-order valence-electron chi connectivity index (χ1n) is 7.38. The largest absolute Gasteiger partial charge is 0.491 e. The molecule has 0 heterocycles. The van der Waals surface area contributed by atoms with Crippen LogP contribution in [0.3, 0.4) is 0 Å². The Bertz CT molecular complexity index is 448. The Kier molecular flexibility index (Phi) is 6.99. The maximum absolute atomic E-state index is 12.2. The quantitative estimate of drug-likeness (QED) is 0.896. The molecule has 1 aromatic carbocycles. The number of ether oxygens (including phenoxy) is 1. The molecule has 0 bridgehead atoms. The van der Waals surface area contributed by atoms with Gasteiger partial charge in [-0.2, -0.15) is 0 Å². The lowest BCUT2D eigenvalue weighted by Gasteiger charge is -2.25. The number of amides is 1. The second-order valence-corrected chi connectivity index (χ2v) is 5.80. The third kappa shape index (κ3) is 5.56. The van der Waals surface area contributed by atoms with E-state index < -0.39 is 0 Å². The van der Waals surface area contributed by atoms with Gasteiger partial charge < -0.3 is 15.8 Å². The Labute approximate surface area is 132 Å². The Morgan fingerprint density at radius 3 is 2.52 bits per heavy atom. The molecular formula is C16H25ClN2O2. The standard InChI is InChI=1S/C16H24N2O2.ClH/c1-11(2)20-15-8-6-14(7-9-15)18-16(19)12-4-3-5-13(17)10-12;/h6-9,11-13H,3-5,10,17H2,1-2H3,(H,18,19);1H. The molecule has 2 unspecified atom stereocenters. The third-order valence-corrected chi connectivity index (χ3v) is 3.58. The predicted molar refractivity (Wildman–Crippen MR) is 88.0 cm³/mol. The van der Waals surface area contributed by atoms with Crippen LogP contribution in [-0.2, 0) is 4.79 Å². The summed E-state index contributed by atoms with van der Waals surface area (Å²) in [5.41, 5.74) is 6.74. The van der Waals surface area contributed by atoms with Gasteiger partial charge in [-0.25, -0.2) is 0 Å². The van der Waals surface area contributed by atoms with Gasteiger partial charge in [-0.3, -0.25) is 4.79 Å². The second kappa shape index (κ2) is 8.25. The number of rotatable bonds is 4. The van der Waals surface area contributed by atoms with Crippen molar-refractivity contribution >= 4 is 24.0 Å². The molecule has 1 fully saturated rings. The van der Waals surface area contributed by atoms with E-state index in [2.05, 4.69) is 5.32 Å². The van der Waals surface area contributed by atoms with Gasteiger partial charge in [-0.15, -0.1) is 12.4 Å². The van der Waals surface area contributed by atoms with Crippen molar-refractivity contribution in [2.75, 3.05) is 5.32 Å². The van der Waals surface area contributed by atoms with Gasteiger partial charge in [0.05, 0.1) is 6.10 Å². The Morgan fingerprint density at radius 2 is 1.95 bits per heavy atom. The third-order valence-electron chi connectivity index (χ3n) is 3.58. The molecule has 21 heavy (non-hydrogen) atoms. The summed E-state index contributed by atoms with van der Waals surface area (Å²) in [5.74, 6) is 0.945. The molecule has 1 amide bonds. The second-order valence-electron chi connectivity index (χ2n) is 5.80. The number of nitrogens with one attached hydrogen (secondary N) is 1. The summed E-state index contributed by atoms with van der Waals surface area (Å²) in [6.07, 6.45) is 3.96. The SMILES string of the molecule is CC(C)Oc1ccc(NC(=O)C2CCCC(N)C2)cc1.Cl. The fourth-order valence-electron chi connectivity index (χ4n) is 2.60. The lowest BCUT2D eigenvalue weighted by Crippen LogP contribution is -2.34. The van der Waals surface area contributed by atoms with Crippen LogP contribution in [0.5, 0.6) is 5.75 Å². The van der Waals surface area contributed by atoms with Gasteiger partial charge in [0.1, 0.15) is 5.75 Å². The number of nitrogens with two attached hydrogens (primary N) is 1. The van der Waals surface area contributed by atoms with Crippen LogP contribution in [0.1, 0.15) is 39.5 Å². The lowest BCUT2D eigenvalue weighted by atomic mass is 9.85. The molecule has 0 saturated heterocycles. The Morgan fingerprint density at radius 1 is 1.29 bits per heavy atom. The molecule has 118 valence electrons. The first-order valence-corrected chi connectivity index (χ1v) is 7.38. The molecule has 2 rings (SSSR count). The molecular weight excluding hydrogens is 288 g/mol. The number of hydrogen-bond donors (Lipinski definition) is 2. The maximum atomic E-state index is 12.2. The van der Waals surface area contributed by atoms with Crippen molar-refractivity contribution in [3.63, 3.8) is 0 Å². The van der Waals surface area contributed by atoms with Crippen molar-refractivity contribution in [2.24, 2.45) is 11.7 Å². The Balaban J connectivity index is 0.00000220. The van der Waals surface area contributed by atoms with Crippen LogP contribution < -0.4 is 15.8 Å². The average Bonchev–Trinajstić information content (AvgIpc) is 2.40. The molecule has 0 radical (unpaired) electrons. The van der Waals surface area contributed by atoms with Gasteiger partial charge in [0, 0.05) is 17.6 Å². The zero-order chi connectivity index (χ0) is 14.5. The molecule has 0 aliphatic heterocycles. The number of anilines is 1. The van der Waals surface area contributed by atoms with Crippen molar-refractivity contribution in [2.45, 2.75) is 51.7 Å². The van der Waals surface area contributed by atoms with Gasteiger partial charge in [-0.1, -0.05) is 6.42 Å². The zero-order valence-electron chi connectivity index (χ0n) is 12.7. The minimum atomic E-state index is 0. The first kappa shape index (κ1) is 17.8. The smallest absolute Gasteiger partial charge is 0.227 e. The molecule has 0 spiro atoms. The van der Waals surface area contributed by atoms with E-state index in [1.165, 1.54) is 0 Å². The van der Waals surface area contributed by atoms with Crippen LogP contribution >= 0.6 is 12.4 Å². The molecule has 4 nitrogen and oxygen atoms in total. The summed E-state index contributed by atoms with van der Waals surface area (Å²) in [5, 5.41) is 2.96. The zero-order valence-corrected chi connectivity index (χ0v) is 13.5. The van der Waals surface area contributed by atoms with E-state index in [-0.39, 0.29) is 36.4 Å². The highest BCUT2D eigenvalue weighted by molar-refractivity contribution is 5.92. The minimum Gasteiger partial charge on any atom is -0.491 e. The fourth-order valence-corrected chi connectivity index (χ4v) is 2.60. The number of benzene rings is 1. The summed E-state index contributed by atoms with van der Waals surface area (Å²) in [7, 11) is 0. The molecule has 2 atom stereocenters. The summed E-state index contributed by atoms with van der Waals surface area (Å²) in [6.45, 7) is 3.98. The minimum absolute atomic E-state index is 0. The van der Waals surface area contributed by atoms with Crippen molar-refractivity contribution in [3.8, 4) is 5.75 Å². The topological polar surface area (TPSA) is 64.3 Å². The van der Waals surface area contributed by atoms with Gasteiger partial charge >= 0.3 is 0 Å². The normalized spacial score (nSPS) is 21.5. The molecule has 3 N–H and O–H groups in total. The average molecular weight is 313 g/mol. The number of carbonyl (C=O) groups excluding carboxylic acids is 1. The van der Waals surface area contributed by atoms with Crippen molar-refractivity contribution in [3.05, 3.63) is 24.3 Å². The van der Waals surface area contributed by atoms with Crippen molar-refractivity contribution in [1.29, 1.82) is 0 Å². The van der Waals surface area contributed by atoms with E-state index in [0.717, 1.165) is 37.1 Å². The summed E-state index contributed by atoms with van der Waals surface area (Å²) >= 11 is 0. The number of hydrogen-bond acceptors (Lipinski definition) is 3. The summed E-state index contributed by atoms with van der Waals surface area (Å²) < 4.78 is 5.58. The van der Waals surface area contributed by atoms with E-state index in [9.17, 15) is 4.79 Å². The van der Waals surface area contributed by atoms with Crippen LogP contribution in [0.15, 0.2) is 24.3 Å². The maximum Gasteiger partial charge on any atom is 0.227 e. The first-order chi connectivity index (χ1) is 9.54. The van der Waals surface area contributed by atoms with E-state index in [1.807, 2.05) is 38.1 Å². The highest BCUT2D eigenvalue weighted by Crippen LogP contribution is 2.25. The Hall–Kier alpha value is -1.26. The van der Waals surface area contributed by atoms with Gasteiger partial charge in [-0.05, 0) is 57.4 Å². The van der Waals surface area contributed by atoms with Crippen LogP contribution in [0.4, 0.5) is 5.69 Å². The van der Waals surface area contributed by atoms with Crippen LogP contribution in [0.2, 0.25) is 0 Å². The number of carbonyl (C=O) groups is 1.